The van der Waals surface area contributed by atoms with Crippen molar-refractivity contribution in [2.24, 2.45) is 0 Å². The monoisotopic (exact) mass is 418 g/mol. The fourth-order valence-corrected chi connectivity index (χ4v) is 4.81. The topological polar surface area (TPSA) is 58.6 Å². The Morgan fingerprint density at radius 2 is 2.09 bits per heavy atom. The molecule has 0 spiro atoms. The van der Waals surface area contributed by atoms with Crippen molar-refractivity contribution in [3.8, 4) is 5.75 Å². The second kappa shape index (κ2) is 7.76. The van der Waals surface area contributed by atoms with E-state index in [2.05, 4.69) is 20.7 Å². The third-order valence-electron chi connectivity index (χ3n) is 3.38. The molecule has 1 heterocycles. The second-order valence-electron chi connectivity index (χ2n) is 5.14. The highest BCUT2D eigenvalue weighted by molar-refractivity contribution is 9.10. The molecular weight excluding hydrogens is 400 g/mol. The summed E-state index contributed by atoms with van der Waals surface area (Å²) < 4.78 is 33.8. The maximum atomic E-state index is 12.6. The summed E-state index contributed by atoms with van der Waals surface area (Å²) in [5.74, 6) is 0.318. The van der Waals surface area contributed by atoms with Gasteiger partial charge in [0.15, 0.2) is 0 Å². The third-order valence-corrected chi connectivity index (χ3v) is 6.29. The van der Waals surface area contributed by atoms with Gasteiger partial charge in [-0.15, -0.1) is 11.3 Å². The van der Waals surface area contributed by atoms with Gasteiger partial charge in [-0.2, -0.15) is 0 Å². The van der Waals surface area contributed by atoms with E-state index in [9.17, 15) is 8.42 Å². The standard InChI is InChI=1S/C15H19BrN2O3S2/c1-18(2)12(14-5-4-8-22-14)10-17-23(19,20)15-9-11(16)6-7-13(15)21-3/h4-9,12,17H,10H2,1-3H3. The molecule has 0 radical (unpaired) electrons. The van der Waals surface area contributed by atoms with E-state index in [1.807, 2.05) is 36.5 Å². The first kappa shape index (κ1) is 18.4. The van der Waals surface area contributed by atoms with E-state index in [1.54, 1.807) is 23.5 Å². The van der Waals surface area contributed by atoms with Crippen LogP contribution >= 0.6 is 27.3 Å². The lowest BCUT2D eigenvalue weighted by molar-refractivity contribution is 0.303. The summed E-state index contributed by atoms with van der Waals surface area (Å²) in [6.45, 7) is 0.283. The molecule has 5 nitrogen and oxygen atoms in total. The molecule has 23 heavy (non-hydrogen) atoms. The van der Waals surface area contributed by atoms with Crippen LogP contribution in [0.15, 0.2) is 45.1 Å². The molecule has 2 aromatic rings. The number of halogens is 1. The number of nitrogens with zero attached hydrogens (tertiary/aromatic N) is 1. The average Bonchev–Trinajstić information content (AvgIpc) is 3.01. The Balaban J connectivity index is 2.23. The first-order chi connectivity index (χ1) is 10.8. The molecule has 8 heteroatoms. The lowest BCUT2D eigenvalue weighted by atomic mass is 10.2. The van der Waals surface area contributed by atoms with Crippen LogP contribution in [0.5, 0.6) is 5.75 Å². The normalized spacial score (nSPS) is 13.3. The predicted octanol–water partition coefficient (Wildman–Crippen LogP) is 3.10. The number of hydrogen-bond acceptors (Lipinski definition) is 5. The zero-order chi connectivity index (χ0) is 17.0. The Morgan fingerprint density at radius 1 is 1.35 bits per heavy atom. The molecular formula is C15H19BrN2O3S2. The van der Waals surface area contributed by atoms with Gasteiger partial charge in [0.05, 0.1) is 13.2 Å². The van der Waals surface area contributed by atoms with Crippen LogP contribution in [-0.2, 0) is 10.0 Å². The molecule has 0 aliphatic rings. The maximum absolute atomic E-state index is 12.6. The Kier molecular flexibility index (Phi) is 6.21. The Hall–Kier alpha value is -0.930. The van der Waals surface area contributed by atoms with Gasteiger partial charge in [0.2, 0.25) is 10.0 Å². The number of rotatable bonds is 7. The van der Waals surface area contributed by atoms with Gasteiger partial charge in [0.1, 0.15) is 10.6 Å². The van der Waals surface area contributed by atoms with Crippen molar-refractivity contribution in [1.29, 1.82) is 0 Å². The van der Waals surface area contributed by atoms with E-state index in [0.717, 1.165) is 4.88 Å². The van der Waals surface area contributed by atoms with Crippen LogP contribution in [-0.4, -0.2) is 41.1 Å². The number of benzene rings is 1. The summed E-state index contributed by atoms with van der Waals surface area (Å²) in [6, 6.07) is 8.85. The van der Waals surface area contributed by atoms with Gasteiger partial charge < -0.3 is 9.64 Å². The van der Waals surface area contributed by atoms with Crippen molar-refractivity contribution in [3.05, 3.63) is 45.1 Å². The fraction of sp³-hybridized carbons (Fsp3) is 0.333. The lowest BCUT2D eigenvalue weighted by Gasteiger charge is -2.23. The second-order valence-corrected chi connectivity index (χ2v) is 8.77. The number of nitrogens with one attached hydrogen (secondary N) is 1. The van der Waals surface area contributed by atoms with Gasteiger partial charge in [-0.3, -0.25) is 0 Å². The summed E-state index contributed by atoms with van der Waals surface area (Å²) >= 11 is 4.91. The highest BCUT2D eigenvalue weighted by atomic mass is 79.9. The van der Waals surface area contributed by atoms with Gasteiger partial charge >= 0.3 is 0 Å². The minimum absolute atomic E-state index is 0.0251. The molecule has 1 N–H and O–H groups in total. The Labute approximate surface area is 149 Å². The fourth-order valence-electron chi connectivity index (χ4n) is 2.15. The molecule has 1 unspecified atom stereocenters. The smallest absolute Gasteiger partial charge is 0.244 e. The van der Waals surface area contributed by atoms with Gasteiger partial charge in [-0.1, -0.05) is 22.0 Å². The quantitative estimate of drug-likeness (QED) is 0.750. The Morgan fingerprint density at radius 3 is 2.65 bits per heavy atom. The maximum Gasteiger partial charge on any atom is 0.244 e. The van der Waals surface area contributed by atoms with E-state index in [0.29, 0.717) is 10.2 Å². The van der Waals surface area contributed by atoms with E-state index >= 15 is 0 Å². The van der Waals surface area contributed by atoms with E-state index in [4.69, 9.17) is 4.74 Å². The lowest BCUT2D eigenvalue weighted by Crippen LogP contribution is -2.34. The number of ether oxygens (including phenoxy) is 1. The van der Waals surface area contributed by atoms with Crippen LogP contribution in [0.1, 0.15) is 10.9 Å². The summed E-state index contributed by atoms with van der Waals surface area (Å²) in [5, 5.41) is 1.98. The van der Waals surface area contributed by atoms with Crippen LogP contribution in [0.25, 0.3) is 0 Å². The molecule has 1 aromatic heterocycles. The van der Waals surface area contributed by atoms with Crippen LogP contribution in [0.4, 0.5) is 0 Å². The van der Waals surface area contributed by atoms with Crippen LogP contribution in [0.2, 0.25) is 0 Å². The molecule has 126 valence electrons. The van der Waals surface area contributed by atoms with E-state index in [1.165, 1.54) is 13.2 Å². The van der Waals surface area contributed by atoms with Crippen molar-refractivity contribution in [2.75, 3.05) is 27.7 Å². The van der Waals surface area contributed by atoms with Crippen LogP contribution < -0.4 is 9.46 Å². The highest BCUT2D eigenvalue weighted by Crippen LogP contribution is 2.28. The number of likely N-dealkylation sites (N-methyl/N-ethyl adjacent to an activating group) is 1. The van der Waals surface area contributed by atoms with Crippen molar-refractivity contribution >= 4 is 37.3 Å². The highest BCUT2D eigenvalue weighted by Gasteiger charge is 2.23. The molecule has 0 aliphatic heterocycles. The first-order valence-corrected chi connectivity index (χ1v) is 10.0. The minimum atomic E-state index is -3.67. The molecule has 2 rings (SSSR count). The minimum Gasteiger partial charge on any atom is -0.495 e. The Bertz CT molecular complexity index is 746. The first-order valence-electron chi connectivity index (χ1n) is 6.88. The van der Waals surface area contributed by atoms with Gasteiger partial charge in [-0.05, 0) is 43.7 Å². The molecule has 1 aromatic carbocycles. The number of thiophene rings is 1. The van der Waals surface area contributed by atoms with Gasteiger partial charge in [-0.25, -0.2) is 13.1 Å². The average molecular weight is 419 g/mol. The number of hydrogen-bond donors (Lipinski definition) is 1. The van der Waals surface area contributed by atoms with Crippen molar-refractivity contribution in [1.82, 2.24) is 9.62 Å². The zero-order valence-corrected chi connectivity index (χ0v) is 16.3. The summed E-state index contributed by atoms with van der Waals surface area (Å²) in [5.41, 5.74) is 0. The molecule has 0 saturated carbocycles. The SMILES string of the molecule is COc1ccc(Br)cc1S(=O)(=O)NCC(c1cccs1)N(C)C. The molecule has 0 saturated heterocycles. The van der Waals surface area contributed by atoms with Crippen LogP contribution in [0.3, 0.4) is 0 Å². The van der Waals surface area contributed by atoms with Crippen molar-refractivity contribution in [2.45, 2.75) is 10.9 Å². The van der Waals surface area contributed by atoms with E-state index in [-0.39, 0.29) is 17.5 Å². The van der Waals surface area contributed by atoms with Gasteiger partial charge in [0, 0.05) is 15.9 Å². The third kappa shape index (κ3) is 4.54. The van der Waals surface area contributed by atoms with E-state index < -0.39 is 10.0 Å². The largest absolute Gasteiger partial charge is 0.495 e. The summed E-state index contributed by atoms with van der Waals surface area (Å²) in [6.07, 6.45) is 0. The molecule has 0 amide bonds. The summed E-state index contributed by atoms with van der Waals surface area (Å²) in [7, 11) is 1.64. The van der Waals surface area contributed by atoms with Gasteiger partial charge in [0.25, 0.3) is 0 Å². The molecule has 0 fully saturated rings. The molecule has 0 bridgehead atoms. The number of sulfonamides is 1. The van der Waals surface area contributed by atoms with Crippen molar-refractivity contribution < 1.29 is 13.2 Å². The molecule has 0 aliphatic carbocycles. The zero-order valence-electron chi connectivity index (χ0n) is 13.1. The van der Waals surface area contributed by atoms with Crippen LogP contribution in [0, 0.1) is 0 Å². The van der Waals surface area contributed by atoms with Crippen molar-refractivity contribution in [3.63, 3.8) is 0 Å². The number of methoxy groups -OCH3 is 1. The molecule has 1 atom stereocenters. The predicted molar refractivity (Wildman–Crippen MR) is 96.6 cm³/mol. The summed E-state index contributed by atoms with van der Waals surface area (Å²) in [4.78, 5) is 3.23.